The highest BCUT2D eigenvalue weighted by atomic mass is 16.6. The Kier molecular flexibility index (Phi) is 4.68. The maximum Gasteiger partial charge on any atom is 0.270 e. The molecule has 20 heavy (non-hydrogen) atoms. The van der Waals surface area contributed by atoms with Crippen molar-refractivity contribution < 1.29 is 9.66 Å². The molecule has 0 atom stereocenters. The number of nitrogens with zero attached hydrogens (tertiary/aromatic N) is 1. The van der Waals surface area contributed by atoms with E-state index in [0.29, 0.717) is 13.2 Å². The summed E-state index contributed by atoms with van der Waals surface area (Å²) in [7, 11) is 1.63. The summed E-state index contributed by atoms with van der Waals surface area (Å²) in [6.45, 7) is 1.22. The molecule has 1 N–H and O–H groups in total. The summed E-state index contributed by atoms with van der Waals surface area (Å²) in [5, 5.41) is 14.2. The summed E-state index contributed by atoms with van der Waals surface area (Å²) >= 11 is 0. The van der Waals surface area contributed by atoms with Gasteiger partial charge in [-0.2, -0.15) is 0 Å². The van der Waals surface area contributed by atoms with Crippen molar-refractivity contribution in [1.82, 2.24) is 0 Å². The molecule has 0 heterocycles. The lowest BCUT2D eigenvalue weighted by Gasteiger charge is -2.12. The van der Waals surface area contributed by atoms with Gasteiger partial charge in [0.05, 0.1) is 11.5 Å². The minimum atomic E-state index is -0.384. The lowest BCUT2D eigenvalue weighted by molar-refractivity contribution is -0.384. The van der Waals surface area contributed by atoms with E-state index in [4.69, 9.17) is 4.74 Å². The van der Waals surface area contributed by atoms with Crippen molar-refractivity contribution in [1.29, 1.82) is 0 Å². The summed E-state index contributed by atoms with van der Waals surface area (Å²) in [5.41, 5.74) is 2.70. The van der Waals surface area contributed by atoms with Gasteiger partial charge in [0.2, 0.25) is 0 Å². The van der Waals surface area contributed by atoms with Crippen molar-refractivity contribution in [2.45, 2.75) is 0 Å². The fourth-order valence-electron chi connectivity index (χ4n) is 1.94. The molecule has 0 aliphatic rings. The molecule has 0 saturated heterocycles. The molecule has 0 fully saturated rings. The average Bonchev–Trinajstić information content (AvgIpc) is 2.48. The molecule has 0 spiro atoms. The highest BCUT2D eigenvalue weighted by Gasteiger charge is 2.11. The molecule has 0 amide bonds. The Labute approximate surface area is 117 Å². The van der Waals surface area contributed by atoms with Gasteiger partial charge in [-0.1, -0.05) is 30.3 Å². The zero-order valence-electron chi connectivity index (χ0n) is 11.2. The SMILES string of the molecule is COCCNc1ccc([N+](=O)[O-])cc1-c1ccccc1. The first-order valence-corrected chi connectivity index (χ1v) is 6.29. The fraction of sp³-hybridized carbons (Fsp3) is 0.200. The third-order valence-corrected chi connectivity index (χ3v) is 2.92. The number of rotatable bonds is 6. The molecule has 5 heteroatoms. The van der Waals surface area contributed by atoms with E-state index in [-0.39, 0.29) is 10.6 Å². The van der Waals surface area contributed by atoms with Crippen LogP contribution in [0.25, 0.3) is 11.1 Å². The van der Waals surface area contributed by atoms with Crippen molar-refractivity contribution in [3.8, 4) is 11.1 Å². The lowest BCUT2D eigenvalue weighted by atomic mass is 10.0. The van der Waals surface area contributed by atoms with Crippen LogP contribution >= 0.6 is 0 Å². The van der Waals surface area contributed by atoms with E-state index in [0.717, 1.165) is 16.8 Å². The number of non-ortho nitro benzene ring substituents is 1. The Morgan fingerprint density at radius 3 is 2.60 bits per heavy atom. The quantitative estimate of drug-likeness (QED) is 0.497. The number of methoxy groups -OCH3 is 1. The van der Waals surface area contributed by atoms with Crippen molar-refractivity contribution in [2.75, 3.05) is 25.6 Å². The molecular weight excluding hydrogens is 256 g/mol. The second-order valence-electron chi connectivity index (χ2n) is 4.27. The lowest BCUT2D eigenvalue weighted by Crippen LogP contribution is -2.08. The van der Waals surface area contributed by atoms with Gasteiger partial charge < -0.3 is 10.1 Å². The van der Waals surface area contributed by atoms with Crippen LogP contribution in [0.15, 0.2) is 48.5 Å². The maximum absolute atomic E-state index is 10.9. The number of nitrogens with one attached hydrogen (secondary N) is 1. The van der Waals surface area contributed by atoms with E-state index in [1.54, 1.807) is 19.2 Å². The van der Waals surface area contributed by atoms with Gasteiger partial charge in [0.15, 0.2) is 0 Å². The molecule has 2 aromatic carbocycles. The summed E-state index contributed by atoms with van der Waals surface area (Å²) < 4.78 is 5.00. The van der Waals surface area contributed by atoms with Crippen LogP contribution in [-0.2, 0) is 4.74 Å². The number of nitro benzene ring substituents is 1. The Bertz CT molecular complexity index is 585. The minimum Gasteiger partial charge on any atom is -0.383 e. The second-order valence-corrected chi connectivity index (χ2v) is 4.27. The molecular formula is C15H16N2O3. The Morgan fingerprint density at radius 2 is 1.95 bits per heavy atom. The van der Waals surface area contributed by atoms with Crippen molar-refractivity contribution in [3.63, 3.8) is 0 Å². The molecule has 0 aliphatic heterocycles. The Morgan fingerprint density at radius 1 is 1.20 bits per heavy atom. The largest absolute Gasteiger partial charge is 0.383 e. The van der Waals surface area contributed by atoms with E-state index >= 15 is 0 Å². The predicted octanol–water partition coefficient (Wildman–Crippen LogP) is 3.32. The summed E-state index contributed by atoms with van der Waals surface area (Å²) in [6.07, 6.45) is 0. The molecule has 0 aromatic heterocycles. The number of hydrogen-bond acceptors (Lipinski definition) is 4. The Balaban J connectivity index is 2.38. The van der Waals surface area contributed by atoms with Gasteiger partial charge in [-0.15, -0.1) is 0 Å². The van der Waals surface area contributed by atoms with Crippen LogP contribution < -0.4 is 5.32 Å². The first-order valence-electron chi connectivity index (χ1n) is 6.29. The van der Waals surface area contributed by atoms with Crippen LogP contribution in [0.5, 0.6) is 0 Å². The van der Waals surface area contributed by atoms with Crippen LogP contribution in [0.3, 0.4) is 0 Å². The first kappa shape index (κ1) is 14.0. The number of nitro groups is 1. The van der Waals surface area contributed by atoms with Gasteiger partial charge in [0.1, 0.15) is 0 Å². The van der Waals surface area contributed by atoms with Crippen molar-refractivity contribution in [2.24, 2.45) is 0 Å². The molecule has 2 rings (SSSR count). The fourth-order valence-corrected chi connectivity index (χ4v) is 1.94. The number of anilines is 1. The van der Waals surface area contributed by atoms with E-state index < -0.39 is 0 Å². The molecule has 0 unspecified atom stereocenters. The van der Waals surface area contributed by atoms with Crippen LogP contribution in [0.4, 0.5) is 11.4 Å². The van der Waals surface area contributed by atoms with E-state index in [1.807, 2.05) is 30.3 Å². The average molecular weight is 272 g/mol. The molecule has 0 aliphatic carbocycles. The van der Waals surface area contributed by atoms with Gasteiger partial charge in [0.25, 0.3) is 5.69 Å². The molecule has 2 aromatic rings. The van der Waals surface area contributed by atoms with Crippen LogP contribution in [0, 0.1) is 10.1 Å². The highest BCUT2D eigenvalue weighted by molar-refractivity contribution is 5.79. The standard InChI is InChI=1S/C15H16N2O3/c1-20-10-9-16-15-8-7-13(17(18)19)11-14(15)12-5-3-2-4-6-12/h2-8,11,16H,9-10H2,1H3. The normalized spacial score (nSPS) is 10.2. The third-order valence-electron chi connectivity index (χ3n) is 2.92. The highest BCUT2D eigenvalue weighted by Crippen LogP contribution is 2.31. The molecule has 0 bridgehead atoms. The van der Waals surface area contributed by atoms with Gasteiger partial charge >= 0.3 is 0 Å². The second kappa shape index (κ2) is 6.68. The molecule has 104 valence electrons. The molecule has 0 radical (unpaired) electrons. The van der Waals surface area contributed by atoms with Crippen LogP contribution in [-0.4, -0.2) is 25.2 Å². The van der Waals surface area contributed by atoms with Crippen LogP contribution in [0.1, 0.15) is 0 Å². The van der Waals surface area contributed by atoms with Crippen LogP contribution in [0.2, 0.25) is 0 Å². The smallest absolute Gasteiger partial charge is 0.270 e. The Hall–Kier alpha value is -2.40. The van der Waals surface area contributed by atoms with Crippen molar-refractivity contribution in [3.05, 3.63) is 58.6 Å². The summed E-state index contributed by atoms with van der Waals surface area (Å²) in [6, 6.07) is 14.4. The summed E-state index contributed by atoms with van der Waals surface area (Å²) in [5.74, 6) is 0. The molecule has 5 nitrogen and oxygen atoms in total. The number of hydrogen-bond donors (Lipinski definition) is 1. The predicted molar refractivity (Wildman–Crippen MR) is 78.9 cm³/mol. The number of benzene rings is 2. The first-order chi connectivity index (χ1) is 9.72. The summed E-state index contributed by atoms with van der Waals surface area (Å²) in [4.78, 5) is 10.5. The molecule has 0 saturated carbocycles. The number of ether oxygens (including phenoxy) is 1. The minimum absolute atomic E-state index is 0.0844. The van der Waals surface area contributed by atoms with Crippen molar-refractivity contribution >= 4 is 11.4 Å². The van der Waals surface area contributed by atoms with Gasteiger partial charge in [-0.3, -0.25) is 10.1 Å². The maximum atomic E-state index is 10.9. The van der Waals surface area contributed by atoms with E-state index in [2.05, 4.69) is 5.32 Å². The zero-order chi connectivity index (χ0) is 14.4. The third kappa shape index (κ3) is 3.33. The van der Waals surface area contributed by atoms with Gasteiger partial charge in [-0.05, 0) is 11.6 Å². The zero-order valence-corrected chi connectivity index (χ0v) is 11.2. The van der Waals surface area contributed by atoms with E-state index in [1.165, 1.54) is 6.07 Å². The van der Waals surface area contributed by atoms with E-state index in [9.17, 15) is 10.1 Å². The monoisotopic (exact) mass is 272 g/mol. The van der Waals surface area contributed by atoms with Gasteiger partial charge in [0, 0.05) is 37.0 Å². The topological polar surface area (TPSA) is 64.4 Å². The van der Waals surface area contributed by atoms with Gasteiger partial charge in [-0.25, -0.2) is 0 Å².